The van der Waals surface area contributed by atoms with Crippen LogP contribution in [0.1, 0.15) is 37.8 Å². The molecule has 2 N–H and O–H groups in total. The van der Waals surface area contributed by atoms with E-state index in [0.29, 0.717) is 11.1 Å². The van der Waals surface area contributed by atoms with E-state index in [1.807, 2.05) is 0 Å². The summed E-state index contributed by atoms with van der Waals surface area (Å²) >= 11 is 0. The molecule has 0 fully saturated rings. The van der Waals surface area contributed by atoms with Gasteiger partial charge in [-0.05, 0) is 49.2 Å². The molecule has 0 saturated carbocycles. The molecule has 2 rings (SSSR count). The SMILES string of the molecule is Cc1cc(S(C)(=O)=O)cc(C(=O)NCc2ccc(C(=O)O)o2)c1C. The standard InChI is InChI=1S/C16H17NO6S/c1-9-6-12(24(3,21)22)7-13(10(9)2)15(18)17-8-11-4-5-14(23-11)16(19)20/h4-7H,8H2,1-3H3,(H,17,18)(H,19,20). The summed E-state index contributed by atoms with van der Waals surface area (Å²) in [7, 11) is -3.44. The third-order valence-corrected chi connectivity index (χ3v) is 4.70. The van der Waals surface area contributed by atoms with Crippen molar-refractivity contribution in [2.24, 2.45) is 0 Å². The van der Waals surface area contributed by atoms with Crippen LogP contribution >= 0.6 is 0 Å². The fourth-order valence-electron chi connectivity index (χ4n) is 2.13. The van der Waals surface area contributed by atoms with E-state index in [-0.39, 0.29) is 28.5 Å². The number of sulfone groups is 1. The molecule has 0 saturated heterocycles. The van der Waals surface area contributed by atoms with Crippen molar-refractivity contribution in [3.8, 4) is 0 Å². The number of furan rings is 1. The van der Waals surface area contributed by atoms with Crippen molar-refractivity contribution in [3.05, 3.63) is 52.5 Å². The molecule has 0 unspecified atom stereocenters. The topological polar surface area (TPSA) is 114 Å². The maximum Gasteiger partial charge on any atom is 0.371 e. The number of aromatic carboxylic acids is 1. The van der Waals surface area contributed by atoms with Gasteiger partial charge in [0.1, 0.15) is 5.76 Å². The van der Waals surface area contributed by atoms with E-state index < -0.39 is 21.7 Å². The Morgan fingerprint density at radius 2 is 1.88 bits per heavy atom. The quantitative estimate of drug-likeness (QED) is 0.851. The van der Waals surface area contributed by atoms with Gasteiger partial charge < -0.3 is 14.8 Å². The van der Waals surface area contributed by atoms with Crippen LogP contribution in [0, 0.1) is 13.8 Å². The first-order valence-corrected chi connectivity index (χ1v) is 8.90. The van der Waals surface area contributed by atoms with Crippen molar-refractivity contribution in [2.75, 3.05) is 6.26 Å². The predicted molar refractivity (Wildman–Crippen MR) is 85.9 cm³/mol. The summed E-state index contributed by atoms with van der Waals surface area (Å²) in [5.74, 6) is -1.59. The number of amides is 1. The van der Waals surface area contributed by atoms with Crippen LogP contribution in [0.4, 0.5) is 0 Å². The summed E-state index contributed by atoms with van der Waals surface area (Å²) in [6.07, 6.45) is 1.08. The predicted octanol–water partition coefficient (Wildman–Crippen LogP) is 1.93. The largest absolute Gasteiger partial charge is 0.475 e. The summed E-state index contributed by atoms with van der Waals surface area (Å²) in [5.41, 5.74) is 1.61. The lowest BCUT2D eigenvalue weighted by atomic mass is 10.0. The first kappa shape index (κ1) is 17.7. The van der Waals surface area contributed by atoms with Crippen LogP contribution in [0.15, 0.2) is 33.6 Å². The number of carboxylic acid groups (broad SMARTS) is 1. The maximum absolute atomic E-state index is 12.3. The average molecular weight is 351 g/mol. The summed E-state index contributed by atoms with van der Waals surface area (Å²) in [6.45, 7) is 3.45. The molecule has 1 heterocycles. The second kappa shape index (κ2) is 6.48. The first-order chi connectivity index (χ1) is 11.1. The highest BCUT2D eigenvalue weighted by atomic mass is 32.2. The van der Waals surface area contributed by atoms with Gasteiger partial charge in [-0.2, -0.15) is 0 Å². The Balaban J connectivity index is 2.23. The van der Waals surface area contributed by atoms with Crippen LogP contribution in [0.3, 0.4) is 0 Å². The van der Waals surface area contributed by atoms with Crippen molar-refractivity contribution in [2.45, 2.75) is 25.3 Å². The van der Waals surface area contributed by atoms with Crippen molar-refractivity contribution < 1.29 is 27.5 Å². The summed E-state index contributed by atoms with van der Waals surface area (Å²) in [6, 6.07) is 5.60. The minimum absolute atomic E-state index is 0.00625. The van der Waals surface area contributed by atoms with E-state index in [4.69, 9.17) is 9.52 Å². The minimum Gasteiger partial charge on any atom is -0.475 e. The van der Waals surface area contributed by atoms with Crippen molar-refractivity contribution >= 4 is 21.7 Å². The molecule has 1 amide bonds. The highest BCUT2D eigenvalue weighted by Gasteiger charge is 2.17. The number of carbonyl (C=O) groups is 2. The third-order valence-electron chi connectivity index (χ3n) is 3.61. The normalized spacial score (nSPS) is 11.3. The number of hydrogen-bond acceptors (Lipinski definition) is 5. The van der Waals surface area contributed by atoms with Crippen molar-refractivity contribution in [1.82, 2.24) is 5.32 Å². The monoisotopic (exact) mass is 351 g/mol. The highest BCUT2D eigenvalue weighted by molar-refractivity contribution is 7.90. The number of carbonyl (C=O) groups excluding carboxylic acids is 1. The molecule has 0 aliphatic rings. The molecule has 1 aromatic heterocycles. The molecule has 0 radical (unpaired) electrons. The first-order valence-electron chi connectivity index (χ1n) is 7.01. The number of benzene rings is 1. The van der Waals surface area contributed by atoms with Gasteiger partial charge in [0.15, 0.2) is 9.84 Å². The second-order valence-electron chi connectivity index (χ2n) is 5.44. The van der Waals surface area contributed by atoms with Gasteiger partial charge in [0, 0.05) is 11.8 Å². The van der Waals surface area contributed by atoms with Gasteiger partial charge in [-0.15, -0.1) is 0 Å². The molecule has 0 spiro atoms. The fraction of sp³-hybridized carbons (Fsp3) is 0.250. The zero-order valence-corrected chi connectivity index (χ0v) is 14.2. The van der Waals surface area contributed by atoms with Crippen molar-refractivity contribution in [3.63, 3.8) is 0 Å². The number of rotatable bonds is 5. The van der Waals surface area contributed by atoms with Gasteiger partial charge in [-0.25, -0.2) is 13.2 Å². The molecule has 0 atom stereocenters. The van der Waals surface area contributed by atoms with Crippen LogP contribution < -0.4 is 5.32 Å². The number of hydrogen-bond donors (Lipinski definition) is 2. The molecular weight excluding hydrogens is 334 g/mol. The molecule has 8 heteroatoms. The van der Waals surface area contributed by atoms with Gasteiger partial charge in [-0.1, -0.05) is 0 Å². The lowest BCUT2D eigenvalue weighted by molar-refractivity contribution is 0.0660. The average Bonchev–Trinajstić information content (AvgIpc) is 2.95. The van der Waals surface area contributed by atoms with Crippen LogP contribution in [0.25, 0.3) is 0 Å². The minimum atomic E-state index is -3.44. The van der Waals surface area contributed by atoms with E-state index >= 15 is 0 Å². The van der Waals surface area contributed by atoms with Crippen LogP contribution in [0.2, 0.25) is 0 Å². The Morgan fingerprint density at radius 1 is 1.21 bits per heavy atom. The molecule has 0 aliphatic heterocycles. The van der Waals surface area contributed by atoms with Crippen LogP contribution in [0.5, 0.6) is 0 Å². The molecular formula is C16H17NO6S. The molecule has 128 valence electrons. The highest BCUT2D eigenvalue weighted by Crippen LogP contribution is 2.20. The Bertz CT molecular complexity index is 911. The Hall–Kier alpha value is -2.61. The fourth-order valence-corrected chi connectivity index (χ4v) is 2.85. The third kappa shape index (κ3) is 3.83. The molecule has 2 aromatic rings. The molecule has 0 bridgehead atoms. The van der Waals surface area contributed by atoms with E-state index in [1.54, 1.807) is 13.8 Å². The Labute approximate surface area is 139 Å². The van der Waals surface area contributed by atoms with Gasteiger partial charge >= 0.3 is 5.97 Å². The lowest BCUT2D eigenvalue weighted by Crippen LogP contribution is -2.24. The molecule has 7 nitrogen and oxygen atoms in total. The summed E-state index contributed by atoms with van der Waals surface area (Å²) in [4.78, 5) is 23.2. The number of nitrogens with one attached hydrogen (secondary N) is 1. The van der Waals surface area contributed by atoms with Crippen LogP contribution in [-0.4, -0.2) is 31.7 Å². The smallest absolute Gasteiger partial charge is 0.371 e. The van der Waals surface area contributed by atoms with Gasteiger partial charge in [0.25, 0.3) is 5.91 Å². The van der Waals surface area contributed by atoms with Crippen LogP contribution in [-0.2, 0) is 16.4 Å². The Morgan fingerprint density at radius 3 is 2.42 bits per heavy atom. The van der Waals surface area contributed by atoms with E-state index in [1.165, 1.54) is 24.3 Å². The number of aryl methyl sites for hydroxylation is 1. The molecule has 24 heavy (non-hydrogen) atoms. The van der Waals surface area contributed by atoms with Gasteiger partial charge in [0.2, 0.25) is 5.76 Å². The van der Waals surface area contributed by atoms with E-state index in [2.05, 4.69) is 5.32 Å². The maximum atomic E-state index is 12.3. The zero-order chi connectivity index (χ0) is 18.1. The molecule has 1 aromatic carbocycles. The van der Waals surface area contributed by atoms with E-state index in [9.17, 15) is 18.0 Å². The number of carboxylic acids is 1. The Kier molecular flexibility index (Phi) is 4.79. The zero-order valence-electron chi connectivity index (χ0n) is 13.4. The van der Waals surface area contributed by atoms with Gasteiger partial charge in [0.05, 0.1) is 11.4 Å². The van der Waals surface area contributed by atoms with Crippen molar-refractivity contribution in [1.29, 1.82) is 0 Å². The summed E-state index contributed by atoms with van der Waals surface area (Å²) in [5, 5.41) is 11.4. The van der Waals surface area contributed by atoms with E-state index in [0.717, 1.165) is 6.26 Å². The molecule has 0 aliphatic carbocycles. The van der Waals surface area contributed by atoms with Gasteiger partial charge in [-0.3, -0.25) is 4.79 Å². The second-order valence-corrected chi connectivity index (χ2v) is 7.45. The summed E-state index contributed by atoms with van der Waals surface area (Å²) < 4.78 is 28.5. The lowest BCUT2D eigenvalue weighted by Gasteiger charge is -2.11.